The van der Waals surface area contributed by atoms with Gasteiger partial charge in [0, 0.05) is 38.4 Å². The zero-order chi connectivity index (χ0) is 17.6. The number of carbonyl (C=O) groups is 1. The molecule has 1 saturated heterocycles. The van der Waals surface area contributed by atoms with Gasteiger partial charge >= 0.3 is 6.03 Å². The summed E-state index contributed by atoms with van der Waals surface area (Å²) in [4.78, 5) is 16.6. The highest BCUT2D eigenvalue weighted by Gasteiger charge is 2.21. The highest BCUT2D eigenvalue weighted by Crippen LogP contribution is 2.25. The highest BCUT2D eigenvalue weighted by atomic mass is 35.5. The van der Waals surface area contributed by atoms with E-state index in [-0.39, 0.29) is 6.03 Å². The predicted octanol–water partition coefficient (Wildman–Crippen LogP) is 4.39. The number of hydrogen-bond acceptors (Lipinski definition) is 2. The lowest BCUT2D eigenvalue weighted by Crippen LogP contribution is -2.50. The van der Waals surface area contributed by atoms with Crippen LogP contribution in [0.2, 0.25) is 10.0 Å². The van der Waals surface area contributed by atoms with Crippen molar-refractivity contribution >= 4 is 34.9 Å². The van der Waals surface area contributed by atoms with Crippen molar-refractivity contribution in [1.29, 1.82) is 0 Å². The summed E-state index contributed by atoms with van der Waals surface area (Å²) in [5, 5.41) is 3.79. The third kappa shape index (κ3) is 5.11. The molecule has 1 heterocycles. The number of piperazine rings is 1. The van der Waals surface area contributed by atoms with Crippen LogP contribution in [-0.4, -0.2) is 48.6 Å². The van der Waals surface area contributed by atoms with E-state index in [0.717, 1.165) is 39.1 Å². The highest BCUT2D eigenvalue weighted by molar-refractivity contribution is 6.42. The Morgan fingerprint density at radius 3 is 2.36 bits per heavy atom. The normalized spacial score (nSPS) is 15.2. The smallest absolute Gasteiger partial charge is 0.321 e. The molecule has 0 bridgehead atoms. The lowest BCUT2D eigenvalue weighted by molar-refractivity contribution is 0.148. The summed E-state index contributed by atoms with van der Waals surface area (Å²) in [6.45, 7) is 4.25. The molecule has 2 amide bonds. The van der Waals surface area contributed by atoms with E-state index in [2.05, 4.69) is 34.5 Å². The third-order valence-electron chi connectivity index (χ3n) is 4.39. The molecule has 0 aliphatic carbocycles. The van der Waals surface area contributed by atoms with Gasteiger partial charge in [-0.2, -0.15) is 0 Å². The second kappa shape index (κ2) is 8.56. The third-order valence-corrected chi connectivity index (χ3v) is 5.13. The molecule has 1 N–H and O–H groups in total. The van der Waals surface area contributed by atoms with Crippen LogP contribution < -0.4 is 5.32 Å². The lowest BCUT2D eigenvalue weighted by Gasteiger charge is -2.34. The maximum Gasteiger partial charge on any atom is 0.321 e. The predicted molar refractivity (Wildman–Crippen MR) is 104 cm³/mol. The number of rotatable bonds is 4. The average molecular weight is 378 g/mol. The van der Waals surface area contributed by atoms with Gasteiger partial charge in [-0.1, -0.05) is 53.5 Å². The molecule has 2 aromatic carbocycles. The van der Waals surface area contributed by atoms with Crippen LogP contribution in [-0.2, 0) is 6.42 Å². The number of carbonyl (C=O) groups excluding carboxylic acids is 1. The summed E-state index contributed by atoms with van der Waals surface area (Å²) in [7, 11) is 0. The summed E-state index contributed by atoms with van der Waals surface area (Å²) >= 11 is 11.9. The van der Waals surface area contributed by atoms with Crippen molar-refractivity contribution in [2.45, 2.75) is 6.42 Å². The zero-order valence-corrected chi connectivity index (χ0v) is 15.4. The van der Waals surface area contributed by atoms with Crippen molar-refractivity contribution in [2.75, 3.05) is 38.0 Å². The van der Waals surface area contributed by atoms with Gasteiger partial charge in [-0.3, -0.25) is 4.90 Å². The van der Waals surface area contributed by atoms with Crippen LogP contribution in [0.25, 0.3) is 0 Å². The maximum absolute atomic E-state index is 12.4. The Balaban J connectivity index is 1.45. The number of hydrogen-bond donors (Lipinski definition) is 1. The van der Waals surface area contributed by atoms with E-state index in [1.165, 1.54) is 5.56 Å². The van der Waals surface area contributed by atoms with E-state index >= 15 is 0 Å². The van der Waals surface area contributed by atoms with Crippen LogP contribution in [0.15, 0.2) is 48.5 Å². The number of urea groups is 1. The van der Waals surface area contributed by atoms with Gasteiger partial charge in [0.2, 0.25) is 0 Å². The molecule has 3 rings (SSSR count). The molecule has 0 unspecified atom stereocenters. The summed E-state index contributed by atoms with van der Waals surface area (Å²) in [5.41, 5.74) is 2.01. The van der Waals surface area contributed by atoms with Crippen molar-refractivity contribution in [3.05, 3.63) is 64.1 Å². The first-order valence-corrected chi connectivity index (χ1v) is 9.15. The van der Waals surface area contributed by atoms with Crippen LogP contribution in [0.3, 0.4) is 0 Å². The van der Waals surface area contributed by atoms with E-state index in [0.29, 0.717) is 15.7 Å². The van der Waals surface area contributed by atoms with Gasteiger partial charge in [0.15, 0.2) is 0 Å². The molecule has 1 fully saturated rings. The number of anilines is 1. The Morgan fingerprint density at radius 1 is 0.960 bits per heavy atom. The molecule has 132 valence electrons. The molecule has 0 radical (unpaired) electrons. The molecule has 1 aliphatic rings. The van der Waals surface area contributed by atoms with E-state index < -0.39 is 0 Å². The topological polar surface area (TPSA) is 35.6 Å². The Bertz CT molecular complexity index is 716. The molecule has 0 atom stereocenters. The summed E-state index contributed by atoms with van der Waals surface area (Å²) in [6, 6.07) is 15.5. The van der Waals surface area contributed by atoms with Gasteiger partial charge in [-0.25, -0.2) is 4.79 Å². The largest absolute Gasteiger partial charge is 0.322 e. The quantitative estimate of drug-likeness (QED) is 0.857. The number of nitrogens with zero attached hydrogens (tertiary/aromatic N) is 2. The summed E-state index contributed by atoms with van der Waals surface area (Å²) in [6.07, 6.45) is 1.04. The van der Waals surface area contributed by atoms with Crippen LogP contribution in [0.5, 0.6) is 0 Å². The second-order valence-electron chi connectivity index (χ2n) is 6.12. The molecule has 2 aromatic rings. The minimum absolute atomic E-state index is 0.0962. The fourth-order valence-electron chi connectivity index (χ4n) is 2.88. The van der Waals surface area contributed by atoms with Crippen molar-refractivity contribution in [2.24, 2.45) is 0 Å². The first-order valence-electron chi connectivity index (χ1n) is 8.39. The maximum atomic E-state index is 12.4. The van der Waals surface area contributed by atoms with Gasteiger partial charge in [0.25, 0.3) is 0 Å². The summed E-state index contributed by atoms with van der Waals surface area (Å²) in [5.74, 6) is 0. The van der Waals surface area contributed by atoms with E-state index in [4.69, 9.17) is 23.2 Å². The molecule has 4 nitrogen and oxygen atoms in total. The fourth-order valence-corrected chi connectivity index (χ4v) is 3.18. The number of halogens is 2. The molecule has 25 heavy (non-hydrogen) atoms. The van der Waals surface area contributed by atoms with Crippen LogP contribution in [0.4, 0.5) is 10.5 Å². The van der Waals surface area contributed by atoms with Crippen LogP contribution >= 0.6 is 23.2 Å². The lowest BCUT2D eigenvalue weighted by atomic mass is 10.1. The van der Waals surface area contributed by atoms with Crippen LogP contribution in [0, 0.1) is 0 Å². The van der Waals surface area contributed by atoms with Gasteiger partial charge in [-0.05, 0) is 30.2 Å². The standard InChI is InChI=1S/C19H21Cl2N3O/c20-17-7-6-16(14-18(17)21)22-19(25)24-12-10-23(11-13-24)9-8-15-4-2-1-3-5-15/h1-7,14H,8-13H2,(H,22,25). The van der Waals surface area contributed by atoms with Gasteiger partial charge in [0.05, 0.1) is 10.0 Å². The van der Waals surface area contributed by atoms with Gasteiger partial charge < -0.3 is 10.2 Å². The van der Waals surface area contributed by atoms with Crippen LogP contribution in [0.1, 0.15) is 5.56 Å². The number of nitrogens with one attached hydrogen (secondary N) is 1. The fraction of sp³-hybridized carbons (Fsp3) is 0.316. The molecule has 6 heteroatoms. The first kappa shape index (κ1) is 18.1. The Morgan fingerprint density at radius 2 is 1.68 bits per heavy atom. The Labute approximate surface area is 158 Å². The van der Waals surface area contributed by atoms with E-state index in [9.17, 15) is 4.79 Å². The molecule has 0 aromatic heterocycles. The first-order chi connectivity index (χ1) is 12.1. The average Bonchev–Trinajstić information content (AvgIpc) is 2.64. The molecule has 0 spiro atoms. The number of benzene rings is 2. The minimum atomic E-state index is -0.0962. The summed E-state index contributed by atoms with van der Waals surface area (Å²) < 4.78 is 0. The van der Waals surface area contributed by atoms with Crippen molar-refractivity contribution < 1.29 is 4.79 Å². The van der Waals surface area contributed by atoms with Gasteiger partial charge in [0.1, 0.15) is 0 Å². The van der Waals surface area contributed by atoms with Crippen molar-refractivity contribution in [3.8, 4) is 0 Å². The van der Waals surface area contributed by atoms with Crippen molar-refractivity contribution in [3.63, 3.8) is 0 Å². The molecular weight excluding hydrogens is 357 g/mol. The minimum Gasteiger partial charge on any atom is -0.322 e. The monoisotopic (exact) mass is 377 g/mol. The second-order valence-corrected chi connectivity index (χ2v) is 6.94. The van der Waals surface area contributed by atoms with E-state index in [1.807, 2.05) is 11.0 Å². The zero-order valence-electron chi connectivity index (χ0n) is 13.9. The molecule has 1 aliphatic heterocycles. The Kier molecular flexibility index (Phi) is 6.19. The molecule has 0 saturated carbocycles. The van der Waals surface area contributed by atoms with E-state index in [1.54, 1.807) is 18.2 Å². The Hall–Kier alpha value is -1.75. The SMILES string of the molecule is O=C(Nc1ccc(Cl)c(Cl)c1)N1CCN(CCc2ccccc2)CC1. The molecular formula is C19H21Cl2N3O. The van der Waals surface area contributed by atoms with Gasteiger partial charge in [-0.15, -0.1) is 0 Å². The number of amides is 2. The van der Waals surface area contributed by atoms with Crippen molar-refractivity contribution in [1.82, 2.24) is 9.80 Å².